The third-order valence-electron chi connectivity index (χ3n) is 2.28. The number of carbonyl (C=O) groups excluding carboxylic acids is 2. The number of aromatic nitrogens is 1. The van der Waals surface area contributed by atoms with E-state index < -0.39 is 11.9 Å². The molecule has 7 heteroatoms. The average Bonchev–Trinajstić information content (AvgIpc) is 2.75. The Morgan fingerprint density at radius 1 is 1.39 bits per heavy atom. The maximum absolute atomic E-state index is 11.7. The first-order chi connectivity index (χ1) is 8.54. The molecule has 0 aromatic carbocycles. The van der Waals surface area contributed by atoms with E-state index in [4.69, 9.17) is 5.11 Å². The van der Waals surface area contributed by atoms with Crippen LogP contribution in [0, 0.1) is 0 Å². The summed E-state index contributed by atoms with van der Waals surface area (Å²) in [6.45, 7) is -0.0675. The Labute approximate surface area is 104 Å². The SMILES string of the molecule is CNC(=O)CCNC(=O)c1cccn1CC(=O)O. The number of hydrogen-bond donors (Lipinski definition) is 3. The zero-order chi connectivity index (χ0) is 13.5. The Kier molecular flexibility index (Phi) is 4.91. The molecule has 1 aromatic rings. The van der Waals surface area contributed by atoms with Crippen molar-refractivity contribution in [1.82, 2.24) is 15.2 Å². The van der Waals surface area contributed by atoms with Gasteiger partial charge < -0.3 is 20.3 Å². The minimum Gasteiger partial charge on any atom is -0.480 e. The van der Waals surface area contributed by atoms with Gasteiger partial charge in [0.25, 0.3) is 5.91 Å². The fourth-order valence-electron chi connectivity index (χ4n) is 1.41. The van der Waals surface area contributed by atoms with Gasteiger partial charge in [0, 0.05) is 26.2 Å². The molecule has 7 nitrogen and oxygen atoms in total. The summed E-state index contributed by atoms with van der Waals surface area (Å²) in [5.74, 6) is -1.59. The van der Waals surface area contributed by atoms with E-state index in [0.29, 0.717) is 0 Å². The molecule has 0 unspecified atom stereocenters. The number of nitrogens with zero attached hydrogens (tertiary/aromatic N) is 1. The van der Waals surface area contributed by atoms with Crippen LogP contribution in [0.1, 0.15) is 16.9 Å². The van der Waals surface area contributed by atoms with E-state index in [1.54, 1.807) is 6.07 Å². The molecular formula is C11H15N3O4. The molecule has 0 saturated heterocycles. The van der Waals surface area contributed by atoms with Crippen LogP contribution in [0.2, 0.25) is 0 Å². The Balaban J connectivity index is 2.53. The zero-order valence-corrected chi connectivity index (χ0v) is 9.97. The third-order valence-corrected chi connectivity index (χ3v) is 2.28. The van der Waals surface area contributed by atoms with Crippen LogP contribution >= 0.6 is 0 Å². The summed E-state index contributed by atoms with van der Waals surface area (Å²) in [6.07, 6.45) is 1.70. The summed E-state index contributed by atoms with van der Waals surface area (Å²) in [6, 6.07) is 3.12. The molecule has 3 N–H and O–H groups in total. The quantitative estimate of drug-likeness (QED) is 0.632. The fraction of sp³-hybridized carbons (Fsp3) is 0.364. The number of carboxylic acids is 1. The molecule has 2 amide bonds. The van der Waals surface area contributed by atoms with Gasteiger partial charge >= 0.3 is 5.97 Å². The van der Waals surface area contributed by atoms with E-state index in [1.165, 1.54) is 23.9 Å². The van der Waals surface area contributed by atoms with Crippen LogP contribution in [0.25, 0.3) is 0 Å². The molecule has 98 valence electrons. The second-order valence-electron chi connectivity index (χ2n) is 3.59. The van der Waals surface area contributed by atoms with Crippen LogP contribution in [-0.2, 0) is 16.1 Å². The van der Waals surface area contributed by atoms with Crippen LogP contribution in [0.4, 0.5) is 0 Å². The summed E-state index contributed by atoms with van der Waals surface area (Å²) >= 11 is 0. The van der Waals surface area contributed by atoms with E-state index in [-0.39, 0.29) is 31.1 Å². The Hall–Kier alpha value is -2.31. The van der Waals surface area contributed by atoms with Crippen molar-refractivity contribution in [2.45, 2.75) is 13.0 Å². The number of rotatable bonds is 6. The lowest BCUT2D eigenvalue weighted by molar-refractivity contribution is -0.137. The van der Waals surface area contributed by atoms with Gasteiger partial charge in [0.05, 0.1) is 0 Å². The van der Waals surface area contributed by atoms with Crippen molar-refractivity contribution in [3.63, 3.8) is 0 Å². The first-order valence-corrected chi connectivity index (χ1v) is 5.40. The summed E-state index contributed by atoms with van der Waals surface area (Å²) in [5, 5.41) is 13.7. The number of carboxylic acid groups (broad SMARTS) is 1. The van der Waals surface area contributed by atoms with Gasteiger partial charge in [0.1, 0.15) is 12.2 Å². The predicted molar refractivity (Wildman–Crippen MR) is 63.1 cm³/mol. The molecule has 1 heterocycles. The minimum atomic E-state index is -1.02. The van der Waals surface area contributed by atoms with Gasteiger partial charge in [-0.05, 0) is 12.1 Å². The van der Waals surface area contributed by atoms with Crippen molar-refractivity contribution in [2.75, 3.05) is 13.6 Å². The molecule has 0 aliphatic carbocycles. The summed E-state index contributed by atoms with van der Waals surface area (Å²) < 4.78 is 1.33. The van der Waals surface area contributed by atoms with Gasteiger partial charge in [0.2, 0.25) is 5.91 Å². The van der Waals surface area contributed by atoms with Crippen LogP contribution < -0.4 is 10.6 Å². The van der Waals surface area contributed by atoms with Crippen molar-refractivity contribution >= 4 is 17.8 Å². The molecule has 0 atom stereocenters. The van der Waals surface area contributed by atoms with Gasteiger partial charge in [-0.1, -0.05) is 0 Å². The number of hydrogen-bond acceptors (Lipinski definition) is 3. The van der Waals surface area contributed by atoms with Crippen molar-refractivity contribution in [3.8, 4) is 0 Å². The zero-order valence-electron chi connectivity index (χ0n) is 9.97. The lowest BCUT2D eigenvalue weighted by atomic mass is 10.3. The van der Waals surface area contributed by atoms with Gasteiger partial charge in [-0.15, -0.1) is 0 Å². The predicted octanol–water partition coefficient (Wildman–Crippen LogP) is -0.561. The fourth-order valence-corrected chi connectivity index (χ4v) is 1.41. The van der Waals surface area contributed by atoms with E-state index in [9.17, 15) is 14.4 Å². The van der Waals surface area contributed by atoms with Gasteiger partial charge in [-0.25, -0.2) is 0 Å². The smallest absolute Gasteiger partial charge is 0.323 e. The summed E-state index contributed by atoms with van der Waals surface area (Å²) in [4.78, 5) is 33.2. The molecule has 0 spiro atoms. The molecule has 0 saturated carbocycles. The van der Waals surface area contributed by atoms with Crippen molar-refractivity contribution < 1.29 is 19.5 Å². The number of amides is 2. The Morgan fingerprint density at radius 2 is 2.11 bits per heavy atom. The largest absolute Gasteiger partial charge is 0.480 e. The third kappa shape index (κ3) is 3.93. The molecule has 1 aromatic heterocycles. The summed E-state index contributed by atoms with van der Waals surface area (Å²) in [5.41, 5.74) is 0.259. The minimum absolute atomic E-state index is 0.170. The Morgan fingerprint density at radius 3 is 2.72 bits per heavy atom. The van der Waals surface area contributed by atoms with E-state index >= 15 is 0 Å². The molecule has 0 bridgehead atoms. The first kappa shape index (κ1) is 13.8. The van der Waals surface area contributed by atoms with Crippen LogP contribution in [-0.4, -0.2) is 41.0 Å². The van der Waals surface area contributed by atoms with Crippen LogP contribution in [0.5, 0.6) is 0 Å². The van der Waals surface area contributed by atoms with Crippen molar-refractivity contribution in [1.29, 1.82) is 0 Å². The molecule has 0 aliphatic heterocycles. The second-order valence-corrected chi connectivity index (χ2v) is 3.59. The average molecular weight is 253 g/mol. The lowest BCUT2D eigenvalue weighted by Crippen LogP contribution is -2.30. The number of aliphatic carboxylic acids is 1. The number of nitrogens with one attached hydrogen (secondary N) is 2. The first-order valence-electron chi connectivity index (χ1n) is 5.40. The maximum Gasteiger partial charge on any atom is 0.323 e. The van der Waals surface area contributed by atoms with Crippen LogP contribution in [0.15, 0.2) is 18.3 Å². The molecule has 18 heavy (non-hydrogen) atoms. The van der Waals surface area contributed by atoms with E-state index in [0.717, 1.165) is 0 Å². The highest BCUT2D eigenvalue weighted by molar-refractivity contribution is 5.93. The normalized spacial score (nSPS) is 9.83. The van der Waals surface area contributed by atoms with Crippen LogP contribution in [0.3, 0.4) is 0 Å². The molecular weight excluding hydrogens is 238 g/mol. The standard InChI is InChI=1S/C11H15N3O4/c1-12-9(15)4-5-13-11(18)8-3-2-6-14(8)7-10(16)17/h2-3,6H,4-5,7H2,1H3,(H,12,15)(H,13,18)(H,16,17). The molecule has 0 aliphatic rings. The monoisotopic (exact) mass is 253 g/mol. The second kappa shape index (κ2) is 6.43. The molecule has 0 radical (unpaired) electrons. The molecule has 0 fully saturated rings. The van der Waals surface area contributed by atoms with Gasteiger partial charge in [0.15, 0.2) is 0 Å². The topological polar surface area (TPSA) is 100 Å². The highest BCUT2D eigenvalue weighted by Gasteiger charge is 2.12. The highest BCUT2D eigenvalue weighted by Crippen LogP contribution is 2.02. The summed E-state index contributed by atoms with van der Waals surface area (Å²) in [7, 11) is 1.52. The van der Waals surface area contributed by atoms with E-state index in [2.05, 4.69) is 10.6 Å². The van der Waals surface area contributed by atoms with E-state index in [1.807, 2.05) is 0 Å². The number of carbonyl (C=O) groups is 3. The highest BCUT2D eigenvalue weighted by atomic mass is 16.4. The maximum atomic E-state index is 11.7. The Bertz CT molecular complexity index is 453. The molecule has 1 rings (SSSR count). The van der Waals surface area contributed by atoms with Gasteiger partial charge in [-0.2, -0.15) is 0 Å². The van der Waals surface area contributed by atoms with Crippen molar-refractivity contribution in [3.05, 3.63) is 24.0 Å². The lowest BCUT2D eigenvalue weighted by Gasteiger charge is -2.07. The van der Waals surface area contributed by atoms with Gasteiger partial charge in [-0.3, -0.25) is 14.4 Å². The van der Waals surface area contributed by atoms with Crippen molar-refractivity contribution in [2.24, 2.45) is 0 Å².